The van der Waals surface area contributed by atoms with Crippen molar-refractivity contribution in [3.63, 3.8) is 0 Å². The van der Waals surface area contributed by atoms with Gasteiger partial charge in [0.25, 0.3) is 0 Å². The average Bonchev–Trinajstić information content (AvgIpc) is 2.50. The molecular formula is C14H18N2O. The van der Waals surface area contributed by atoms with Crippen LogP contribution in [0.4, 0.5) is 11.4 Å². The van der Waals surface area contributed by atoms with Crippen LogP contribution in [0.3, 0.4) is 0 Å². The zero-order valence-electron chi connectivity index (χ0n) is 10.1. The van der Waals surface area contributed by atoms with Gasteiger partial charge in [0, 0.05) is 23.3 Å². The molecule has 0 aromatic heterocycles. The molecule has 90 valence electrons. The summed E-state index contributed by atoms with van der Waals surface area (Å²) in [7, 11) is 0. The summed E-state index contributed by atoms with van der Waals surface area (Å²) in [6, 6.07) is 6.16. The predicted octanol–water partition coefficient (Wildman–Crippen LogP) is 2.35. The maximum atomic E-state index is 12.4. The Morgan fingerprint density at radius 2 is 2.18 bits per heavy atom. The van der Waals surface area contributed by atoms with Crippen LogP contribution in [0, 0.1) is 5.92 Å². The van der Waals surface area contributed by atoms with E-state index in [9.17, 15) is 4.79 Å². The first-order chi connectivity index (χ1) is 8.16. The van der Waals surface area contributed by atoms with Gasteiger partial charge in [-0.15, -0.1) is 0 Å². The molecule has 1 saturated carbocycles. The summed E-state index contributed by atoms with van der Waals surface area (Å²) >= 11 is 0. The minimum absolute atomic E-state index is 0.265. The third kappa shape index (κ3) is 1.61. The molecule has 3 heteroatoms. The summed E-state index contributed by atoms with van der Waals surface area (Å²) < 4.78 is 0. The Balaban J connectivity index is 1.93. The van der Waals surface area contributed by atoms with E-state index in [1.54, 1.807) is 0 Å². The Kier molecular flexibility index (Phi) is 2.35. The number of hydrogen-bond acceptors (Lipinski definition) is 2. The summed E-state index contributed by atoms with van der Waals surface area (Å²) in [6.45, 7) is 2.12. The second kappa shape index (κ2) is 3.76. The number of hydrogen-bond donors (Lipinski definition) is 1. The van der Waals surface area contributed by atoms with Crippen LogP contribution in [-0.4, -0.2) is 11.9 Å². The number of amides is 1. The maximum Gasteiger partial charge on any atom is 0.230 e. The van der Waals surface area contributed by atoms with Crippen LogP contribution >= 0.6 is 0 Å². The molecule has 1 atom stereocenters. The lowest BCUT2D eigenvalue weighted by Crippen LogP contribution is -2.42. The van der Waals surface area contributed by atoms with E-state index in [4.69, 9.17) is 5.73 Å². The largest absolute Gasteiger partial charge is 0.399 e. The van der Waals surface area contributed by atoms with Crippen molar-refractivity contribution in [2.45, 2.75) is 38.6 Å². The zero-order valence-corrected chi connectivity index (χ0v) is 10.1. The fourth-order valence-electron chi connectivity index (χ4n) is 2.84. The quantitative estimate of drug-likeness (QED) is 0.753. The Hall–Kier alpha value is -1.51. The number of nitrogens with zero attached hydrogens (tertiary/aromatic N) is 1. The molecule has 2 N–H and O–H groups in total. The lowest BCUT2D eigenvalue weighted by Gasteiger charge is -2.32. The normalized spacial score (nSPS) is 23.4. The van der Waals surface area contributed by atoms with Crippen molar-refractivity contribution in [2.75, 3.05) is 10.6 Å². The van der Waals surface area contributed by atoms with Gasteiger partial charge in [0.2, 0.25) is 5.91 Å². The molecule has 1 aliphatic heterocycles. The highest BCUT2D eigenvalue weighted by Gasteiger charge is 2.36. The van der Waals surface area contributed by atoms with Gasteiger partial charge in [0.15, 0.2) is 0 Å². The second-order valence-corrected chi connectivity index (χ2v) is 5.28. The third-order valence-corrected chi connectivity index (χ3v) is 4.01. The summed E-state index contributed by atoms with van der Waals surface area (Å²) in [5.74, 6) is 0.577. The van der Waals surface area contributed by atoms with Gasteiger partial charge in [0.1, 0.15) is 0 Å². The summed E-state index contributed by atoms with van der Waals surface area (Å²) in [5.41, 5.74) is 8.86. The monoisotopic (exact) mass is 230 g/mol. The number of anilines is 2. The lowest BCUT2D eigenvalue weighted by atomic mass is 9.84. The number of fused-ring (bicyclic) bond motifs is 1. The first-order valence-corrected chi connectivity index (χ1v) is 6.38. The van der Waals surface area contributed by atoms with E-state index in [2.05, 4.69) is 6.92 Å². The van der Waals surface area contributed by atoms with E-state index in [0.717, 1.165) is 30.6 Å². The van der Waals surface area contributed by atoms with Crippen LogP contribution in [0.5, 0.6) is 0 Å². The molecule has 2 aliphatic rings. The smallest absolute Gasteiger partial charge is 0.230 e. The third-order valence-electron chi connectivity index (χ3n) is 4.01. The van der Waals surface area contributed by atoms with Gasteiger partial charge in [0.05, 0.1) is 0 Å². The highest BCUT2D eigenvalue weighted by Crippen LogP contribution is 2.37. The van der Waals surface area contributed by atoms with Crippen molar-refractivity contribution in [3.8, 4) is 0 Å². The molecule has 1 heterocycles. The van der Waals surface area contributed by atoms with Gasteiger partial charge in [-0.05, 0) is 49.9 Å². The highest BCUT2D eigenvalue weighted by atomic mass is 16.2. The number of rotatable bonds is 1. The molecular weight excluding hydrogens is 212 g/mol. The van der Waals surface area contributed by atoms with Crippen molar-refractivity contribution < 1.29 is 4.79 Å². The van der Waals surface area contributed by atoms with Gasteiger partial charge in [-0.1, -0.05) is 6.42 Å². The molecule has 0 spiro atoms. The van der Waals surface area contributed by atoms with Crippen LogP contribution in [0.2, 0.25) is 0 Å². The Bertz CT molecular complexity index is 465. The van der Waals surface area contributed by atoms with Gasteiger partial charge in [-0.2, -0.15) is 0 Å². The molecule has 1 aromatic carbocycles. The average molecular weight is 230 g/mol. The molecule has 0 bridgehead atoms. The zero-order chi connectivity index (χ0) is 12.0. The molecule has 3 nitrogen and oxygen atoms in total. The molecule has 0 saturated heterocycles. The first-order valence-electron chi connectivity index (χ1n) is 6.38. The Labute approximate surface area is 102 Å². The minimum Gasteiger partial charge on any atom is -0.399 e. The topological polar surface area (TPSA) is 46.3 Å². The van der Waals surface area contributed by atoms with E-state index in [-0.39, 0.29) is 12.0 Å². The summed E-state index contributed by atoms with van der Waals surface area (Å²) in [4.78, 5) is 14.4. The minimum atomic E-state index is 0.265. The molecule has 0 radical (unpaired) electrons. The highest BCUT2D eigenvalue weighted by molar-refractivity contribution is 5.98. The Morgan fingerprint density at radius 1 is 1.41 bits per heavy atom. The number of carbonyl (C=O) groups is 1. The van der Waals surface area contributed by atoms with Gasteiger partial charge >= 0.3 is 0 Å². The van der Waals surface area contributed by atoms with Gasteiger partial charge in [-0.3, -0.25) is 4.79 Å². The van der Waals surface area contributed by atoms with Crippen molar-refractivity contribution in [2.24, 2.45) is 5.92 Å². The van der Waals surface area contributed by atoms with E-state index < -0.39 is 0 Å². The first kappa shape index (κ1) is 10.6. The van der Waals surface area contributed by atoms with Crippen LogP contribution in [-0.2, 0) is 11.2 Å². The van der Waals surface area contributed by atoms with Crippen molar-refractivity contribution in [1.82, 2.24) is 0 Å². The van der Waals surface area contributed by atoms with Crippen LogP contribution in [0.25, 0.3) is 0 Å². The van der Waals surface area contributed by atoms with E-state index >= 15 is 0 Å². The van der Waals surface area contributed by atoms with Gasteiger partial charge in [-0.25, -0.2) is 0 Å². The SMILES string of the molecule is CC1Cc2cc(N)ccc2N1C(=O)C1CCC1. The van der Waals surface area contributed by atoms with Crippen LogP contribution in [0.15, 0.2) is 18.2 Å². The van der Waals surface area contributed by atoms with Crippen molar-refractivity contribution in [1.29, 1.82) is 0 Å². The molecule has 1 unspecified atom stereocenters. The lowest BCUT2D eigenvalue weighted by molar-refractivity contribution is -0.125. The van der Waals surface area contributed by atoms with Crippen LogP contribution < -0.4 is 10.6 Å². The number of nitrogens with two attached hydrogens (primary N) is 1. The number of carbonyl (C=O) groups excluding carboxylic acids is 1. The summed E-state index contributed by atoms with van der Waals surface area (Å²) in [6.07, 6.45) is 4.25. The second-order valence-electron chi connectivity index (χ2n) is 5.28. The van der Waals surface area contributed by atoms with E-state index in [0.29, 0.717) is 5.91 Å². The molecule has 1 aromatic rings. The fourth-order valence-corrected chi connectivity index (χ4v) is 2.84. The number of nitrogen functional groups attached to an aromatic ring is 1. The van der Waals surface area contributed by atoms with Gasteiger partial charge < -0.3 is 10.6 Å². The fraction of sp³-hybridized carbons (Fsp3) is 0.500. The Morgan fingerprint density at radius 3 is 2.82 bits per heavy atom. The standard InChI is InChI=1S/C14H18N2O/c1-9-7-11-8-12(15)5-6-13(11)16(9)14(17)10-3-2-4-10/h5-6,8-10H,2-4,7,15H2,1H3. The van der Waals surface area contributed by atoms with Crippen molar-refractivity contribution in [3.05, 3.63) is 23.8 Å². The van der Waals surface area contributed by atoms with Crippen molar-refractivity contribution >= 4 is 17.3 Å². The molecule has 1 aliphatic carbocycles. The van der Waals surface area contributed by atoms with E-state index in [1.165, 1.54) is 12.0 Å². The predicted molar refractivity (Wildman–Crippen MR) is 68.8 cm³/mol. The number of benzene rings is 1. The summed E-state index contributed by atoms with van der Waals surface area (Å²) in [5, 5.41) is 0. The molecule has 1 fully saturated rings. The molecule has 17 heavy (non-hydrogen) atoms. The van der Waals surface area contributed by atoms with Crippen LogP contribution in [0.1, 0.15) is 31.7 Å². The molecule has 1 amide bonds. The molecule has 3 rings (SSSR count). The van der Waals surface area contributed by atoms with E-state index in [1.807, 2.05) is 23.1 Å². The maximum absolute atomic E-state index is 12.4.